The van der Waals surface area contributed by atoms with E-state index >= 15 is 0 Å². The van der Waals surface area contributed by atoms with Gasteiger partial charge in [0, 0.05) is 6.92 Å². The van der Waals surface area contributed by atoms with Crippen LogP contribution in [0.15, 0.2) is 0 Å². The molecule has 1 unspecified atom stereocenters. The van der Waals surface area contributed by atoms with Gasteiger partial charge < -0.3 is 0 Å². The van der Waals surface area contributed by atoms with Gasteiger partial charge in [0.15, 0.2) is 5.82 Å². The molecule has 1 aromatic rings. The van der Waals surface area contributed by atoms with E-state index in [1.807, 2.05) is 6.26 Å². The molecule has 1 rings (SSSR count). The van der Waals surface area contributed by atoms with Crippen LogP contribution in [0.2, 0.25) is 0 Å². The van der Waals surface area contributed by atoms with E-state index in [4.69, 9.17) is 0 Å². The monoisotopic (exact) mass is 235 g/mol. The van der Waals surface area contributed by atoms with Crippen LogP contribution in [0.3, 0.4) is 0 Å². The Balaban J connectivity index is 3.15. The molecule has 0 aliphatic rings. The van der Waals surface area contributed by atoms with Gasteiger partial charge in [-0.2, -0.15) is 16.4 Å². The summed E-state index contributed by atoms with van der Waals surface area (Å²) in [6.07, 6.45) is -0.967. The zero-order chi connectivity index (χ0) is 11.6. The van der Waals surface area contributed by atoms with Gasteiger partial charge in [-0.25, -0.2) is 13.8 Å². The van der Waals surface area contributed by atoms with Crippen LogP contribution < -0.4 is 0 Å². The lowest BCUT2D eigenvalue weighted by Gasteiger charge is -1.99. The normalized spacial score (nSPS) is 13.2. The smallest absolute Gasteiger partial charge is 0.273 e. The third kappa shape index (κ3) is 2.53. The van der Waals surface area contributed by atoms with Crippen molar-refractivity contribution in [3.8, 4) is 0 Å². The van der Waals surface area contributed by atoms with E-state index in [-0.39, 0.29) is 11.1 Å². The average molecular weight is 235 g/mol. The first-order valence-corrected chi connectivity index (χ1v) is 5.55. The first-order valence-electron chi connectivity index (χ1n) is 4.26. The van der Waals surface area contributed by atoms with E-state index < -0.39 is 18.2 Å². The molecule has 0 radical (unpaired) electrons. The second-order valence-electron chi connectivity index (χ2n) is 2.94. The van der Waals surface area contributed by atoms with Gasteiger partial charge in [0.25, 0.3) is 6.43 Å². The number of hydrogen-bond acceptors (Lipinski definition) is 4. The number of rotatable bonds is 3. The van der Waals surface area contributed by atoms with Crippen LogP contribution >= 0.6 is 11.8 Å². The highest BCUT2D eigenvalue weighted by atomic mass is 32.2. The van der Waals surface area contributed by atoms with Crippen LogP contribution in [0.4, 0.5) is 8.78 Å². The molecule has 1 aromatic heterocycles. The predicted octanol–water partition coefficient (Wildman–Crippen LogP) is 2.30. The number of halogens is 2. The fourth-order valence-corrected chi connectivity index (χ4v) is 1.30. The van der Waals surface area contributed by atoms with Crippen LogP contribution in [-0.2, 0) is 0 Å². The second kappa shape index (κ2) is 4.69. The molecule has 0 aliphatic heterocycles. The fourth-order valence-electron chi connectivity index (χ4n) is 0.991. The van der Waals surface area contributed by atoms with Crippen molar-refractivity contribution in [1.82, 2.24) is 14.8 Å². The van der Waals surface area contributed by atoms with Crippen LogP contribution in [0.1, 0.15) is 42.0 Å². The maximum atomic E-state index is 12.5. The predicted molar refractivity (Wildman–Crippen MR) is 53.2 cm³/mol. The Kier molecular flexibility index (Phi) is 3.78. The summed E-state index contributed by atoms with van der Waals surface area (Å²) in [4.78, 5) is 14.7. The highest BCUT2D eigenvalue weighted by molar-refractivity contribution is 7.98. The molecular weight excluding hydrogens is 224 g/mol. The summed E-state index contributed by atoms with van der Waals surface area (Å²) >= 11 is 1.43. The average Bonchev–Trinajstić information content (AvgIpc) is 2.61. The van der Waals surface area contributed by atoms with Crippen molar-refractivity contribution in [1.29, 1.82) is 0 Å². The molecule has 0 fully saturated rings. The Bertz CT molecular complexity index is 367. The highest BCUT2D eigenvalue weighted by Gasteiger charge is 2.23. The Morgan fingerprint density at radius 1 is 1.53 bits per heavy atom. The first-order chi connectivity index (χ1) is 6.97. The summed E-state index contributed by atoms with van der Waals surface area (Å²) < 4.78 is 25.6. The number of carbonyl (C=O) groups is 1. The van der Waals surface area contributed by atoms with E-state index in [1.54, 1.807) is 6.92 Å². The topological polar surface area (TPSA) is 47.8 Å². The number of carbonyl (C=O) groups excluding carboxylic acids is 1. The molecule has 0 spiro atoms. The van der Waals surface area contributed by atoms with Crippen LogP contribution in [0.5, 0.6) is 0 Å². The number of nitrogens with zero attached hydrogens (tertiary/aromatic N) is 3. The largest absolute Gasteiger partial charge is 0.297 e. The lowest BCUT2D eigenvalue weighted by Crippen LogP contribution is -2.12. The molecule has 1 heterocycles. The minimum atomic E-state index is -2.79. The van der Waals surface area contributed by atoms with Crippen LogP contribution in [0.25, 0.3) is 0 Å². The molecule has 1 atom stereocenters. The fraction of sp³-hybridized carbons (Fsp3) is 0.625. The maximum Gasteiger partial charge on any atom is 0.297 e. The molecule has 0 aliphatic carbocycles. The Morgan fingerprint density at radius 3 is 2.47 bits per heavy atom. The van der Waals surface area contributed by atoms with E-state index in [1.165, 1.54) is 18.7 Å². The minimum Gasteiger partial charge on any atom is -0.273 e. The second-order valence-corrected chi connectivity index (χ2v) is 4.12. The highest BCUT2D eigenvalue weighted by Crippen LogP contribution is 2.25. The summed E-state index contributed by atoms with van der Waals surface area (Å²) in [5, 5.41) is 3.65. The summed E-state index contributed by atoms with van der Waals surface area (Å²) in [6, 6.07) is 0. The molecule has 0 aromatic carbocycles. The zero-order valence-electron chi connectivity index (χ0n) is 8.57. The summed E-state index contributed by atoms with van der Waals surface area (Å²) in [5.41, 5.74) is 0. The van der Waals surface area contributed by atoms with Crippen molar-refractivity contribution >= 4 is 17.7 Å². The van der Waals surface area contributed by atoms with Crippen molar-refractivity contribution in [2.75, 3.05) is 6.26 Å². The third-order valence-electron chi connectivity index (χ3n) is 1.86. The van der Waals surface area contributed by atoms with E-state index in [0.717, 1.165) is 0 Å². The number of aromatic nitrogens is 3. The molecule has 84 valence electrons. The van der Waals surface area contributed by atoms with Gasteiger partial charge in [-0.15, -0.1) is 5.10 Å². The Hall–Kier alpha value is -0.980. The van der Waals surface area contributed by atoms with Crippen molar-refractivity contribution in [3.05, 3.63) is 11.6 Å². The SMILES string of the molecule is CSC(C)c1nc(C(F)F)n(C(C)=O)n1. The lowest BCUT2D eigenvalue weighted by molar-refractivity contribution is 0.0869. The van der Waals surface area contributed by atoms with Gasteiger partial charge in [-0.3, -0.25) is 4.79 Å². The van der Waals surface area contributed by atoms with Gasteiger partial charge in [0.2, 0.25) is 11.7 Å². The quantitative estimate of drug-likeness (QED) is 0.806. The van der Waals surface area contributed by atoms with Crippen molar-refractivity contribution in [3.63, 3.8) is 0 Å². The molecule has 15 heavy (non-hydrogen) atoms. The summed E-state index contributed by atoms with van der Waals surface area (Å²) in [5.74, 6) is -0.885. The maximum absolute atomic E-state index is 12.5. The lowest BCUT2D eigenvalue weighted by atomic mass is 10.4. The number of hydrogen-bond donors (Lipinski definition) is 0. The first kappa shape index (κ1) is 12.1. The van der Waals surface area contributed by atoms with Crippen molar-refractivity contribution in [2.45, 2.75) is 25.5 Å². The molecule has 0 N–H and O–H groups in total. The van der Waals surface area contributed by atoms with Crippen molar-refractivity contribution in [2.24, 2.45) is 0 Å². The molecule has 0 saturated heterocycles. The van der Waals surface area contributed by atoms with Gasteiger partial charge in [-0.1, -0.05) is 0 Å². The third-order valence-corrected chi connectivity index (χ3v) is 2.78. The van der Waals surface area contributed by atoms with E-state index in [9.17, 15) is 13.6 Å². The molecule has 0 amide bonds. The Labute approximate surface area is 90.1 Å². The summed E-state index contributed by atoms with van der Waals surface area (Å²) in [7, 11) is 0. The number of thioether (sulfide) groups is 1. The zero-order valence-corrected chi connectivity index (χ0v) is 9.39. The molecule has 0 saturated carbocycles. The van der Waals surface area contributed by atoms with Gasteiger partial charge in [0.1, 0.15) is 0 Å². The minimum absolute atomic E-state index is 0.108. The standard InChI is InChI=1S/C8H11F2N3OS/c1-4(15-3)7-11-8(6(9)10)13(12-7)5(2)14/h4,6H,1-3H3. The van der Waals surface area contributed by atoms with E-state index in [2.05, 4.69) is 10.1 Å². The number of alkyl halides is 2. The molecular formula is C8H11F2N3OS. The molecule has 7 heteroatoms. The van der Waals surface area contributed by atoms with Gasteiger partial charge in [-0.05, 0) is 13.2 Å². The molecule has 4 nitrogen and oxygen atoms in total. The van der Waals surface area contributed by atoms with Gasteiger partial charge >= 0.3 is 0 Å². The summed E-state index contributed by atoms with van der Waals surface area (Å²) in [6.45, 7) is 2.97. The van der Waals surface area contributed by atoms with Gasteiger partial charge in [0.05, 0.1) is 5.25 Å². The van der Waals surface area contributed by atoms with Crippen molar-refractivity contribution < 1.29 is 13.6 Å². The van der Waals surface area contributed by atoms with Crippen LogP contribution in [0, 0.1) is 0 Å². The Morgan fingerprint density at radius 2 is 2.13 bits per heavy atom. The van der Waals surface area contributed by atoms with Crippen LogP contribution in [-0.4, -0.2) is 26.9 Å². The van der Waals surface area contributed by atoms with E-state index in [0.29, 0.717) is 4.68 Å². The molecule has 0 bridgehead atoms.